The van der Waals surface area contributed by atoms with Crippen LogP contribution in [-0.4, -0.2) is 11.4 Å². The molecule has 5 nitrogen and oxygen atoms in total. The van der Waals surface area contributed by atoms with Crippen LogP contribution in [0.3, 0.4) is 0 Å². The van der Waals surface area contributed by atoms with Gasteiger partial charge in [-0.2, -0.15) is 0 Å². The highest BCUT2D eigenvalue weighted by atomic mass is 16.4. The fourth-order valence-corrected chi connectivity index (χ4v) is 0.952. The fraction of sp³-hybridized carbons (Fsp3) is 0.125. The van der Waals surface area contributed by atoms with Crippen LogP contribution < -0.4 is 0 Å². The molecule has 0 fully saturated rings. The second kappa shape index (κ2) is 4.79. The third kappa shape index (κ3) is 2.50. The van der Waals surface area contributed by atoms with Gasteiger partial charge in [0.1, 0.15) is 6.04 Å². The second-order valence-electron chi connectivity index (χ2n) is 2.32. The lowest BCUT2D eigenvalue weighted by Gasteiger charge is -2.02. The smallest absolute Gasteiger partial charge is 0.101 e. The lowest BCUT2D eigenvalue weighted by atomic mass is 10.1. The van der Waals surface area contributed by atoms with Gasteiger partial charge in [-0.05, 0) is 11.1 Å². The minimum Gasteiger partial charge on any atom is -0.411 e. The molecule has 0 heterocycles. The van der Waals surface area contributed by atoms with E-state index in [0.29, 0.717) is 0 Å². The van der Waals surface area contributed by atoms with Gasteiger partial charge in [0.25, 0.3) is 0 Å². The summed E-state index contributed by atoms with van der Waals surface area (Å²) in [7, 11) is 0. The number of benzene rings is 1. The molecule has 0 aliphatic heterocycles. The zero-order valence-corrected chi connectivity index (χ0v) is 6.78. The topological polar surface area (TPSA) is 81.4 Å². The Kier molecular flexibility index (Phi) is 3.35. The van der Waals surface area contributed by atoms with Crippen LogP contribution in [0.2, 0.25) is 0 Å². The highest BCUT2D eigenvalue weighted by Crippen LogP contribution is 2.14. The van der Waals surface area contributed by atoms with Gasteiger partial charge in [-0.15, -0.1) is 5.16 Å². The average molecular weight is 176 g/mol. The van der Waals surface area contributed by atoms with E-state index in [0.717, 1.165) is 5.56 Å². The molecular weight excluding hydrogens is 168 g/mol. The van der Waals surface area contributed by atoms with Gasteiger partial charge in [-0.1, -0.05) is 35.4 Å². The predicted octanol–water partition coefficient (Wildman–Crippen LogP) is 2.50. The van der Waals surface area contributed by atoms with Gasteiger partial charge in [0.2, 0.25) is 0 Å². The third-order valence-electron chi connectivity index (χ3n) is 1.53. The Hall–Kier alpha value is -2.00. The van der Waals surface area contributed by atoms with Crippen molar-refractivity contribution in [3.63, 3.8) is 0 Å². The summed E-state index contributed by atoms with van der Waals surface area (Å²) in [6, 6.07) is 8.53. The Morgan fingerprint density at radius 2 is 2.08 bits per heavy atom. The number of hydrogen-bond acceptors (Lipinski definition) is 3. The van der Waals surface area contributed by atoms with Gasteiger partial charge in [-0.25, -0.2) is 0 Å². The number of rotatable bonds is 3. The third-order valence-corrected chi connectivity index (χ3v) is 1.53. The molecule has 0 aromatic heterocycles. The van der Waals surface area contributed by atoms with Crippen LogP contribution >= 0.6 is 0 Å². The number of hydrogen-bond donors (Lipinski definition) is 1. The van der Waals surface area contributed by atoms with Crippen molar-refractivity contribution in [3.05, 3.63) is 46.3 Å². The number of azide groups is 1. The summed E-state index contributed by atoms with van der Waals surface area (Å²) in [5.74, 6) is 0. The molecule has 0 spiro atoms. The molecule has 1 aromatic rings. The van der Waals surface area contributed by atoms with Crippen molar-refractivity contribution in [2.24, 2.45) is 10.3 Å². The van der Waals surface area contributed by atoms with E-state index in [1.807, 2.05) is 18.2 Å². The molecule has 0 amide bonds. The highest BCUT2D eigenvalue weighted by Gasteiger charge is 2.04. The molecule has 0 radical (unpaired) electrons. The first-order valence-corrected chi connectivity index (χ1v) is 3.65. The fourth-order valence-electron chi connectivity index (χ4n) is 0.952. The van der Waals surface area contributed by atoms with E-state index >= 15 is 0 Å². The van der Waals surface area contributed by atoms with Crippen molar-refractivity contribution in [2.75, 3.05) is 0 Å². The molecule has 1 unspecified atom stereocenters. The largest absolute Gasteiger partial charge is 0.411 e. The molecule has 1 atom stereocenters. The van der Waals surface area contributed by atoms with Crippen molar-refractivity contribution >= 4 is 6.21 Å². The molecule has 5 heteroatoms. The summed E-state index contributed by atoms with van der Waals surface area (Å²) in [6.45, 7) is 0. The van der Waals surface area contributed by atoms with Crippen molar-refractivity contribution in [2.45, 2.75) is 6.04 Å². The summed E-state index contributed by atoms with van der Waals surface area (Å²) in [6.07, 6.45) is 1.18. The van der Waals surface area contributed by atoms with Gasteiger partial charge < -0.3 is 5.21 Å². The normalized spacial score (nSPS) is 12.3. The van der Waals surface area contributed by atoms with E-state index in [-0.39, 0.29) is 0 Å². The van der Waals surface area contributed by atoms with Gasteiger partial charge >= 0.3 is 0 Å². The quantitative estimate of drug-likeness (QED) is 0.188. The molecule has 0 saturated heterocycles. The van der Waals surface area contributed by atoms with E-state index < -0.39 is 6.04 Å². The van der Waals surface area contributed by atoms with Gasteiger partial charge in [0, 0.05) is 4.91 Å². The van der Waals surface area contributed by atoms with Crippen LogP contribution in [0, 0.1) is 0 Å². The zero-order chi connectivity index (χ0) is 9.52. The van der Waals surface area contributed by atoms with E-state index in [4.69, 9.17) is 10.7 Å². The summed E-state index contributed by atoms with van der Waals surface area (Å²) >= 11 is 0. The molecule has 66 valence electrons. The van der Waals surface area contributed by atoms with Crippen LogP contribution in [0.1, 0.15) is 11.6 Å². The number of nitrogens with zero attached hydrogens (tertiary/aromatic N) is 4. The summed E-state index contributed by atoms with van der Waals surface area (Å²) in [5, 5.41) is 14.6. The first kappa shape index (κ1) is 9.09. The molecular formula is C8H8N4O. The van der Waals surface area contributed by atoms with Crippen LogP contribution in [0.15, 0.2) is 40.6 Å². The maximum absolute atomic E-state index is 8.31. The SMILES string of the molecule is [N-]=[N+]=NC(/C=N/O)c1ccccc1. The van der Waals surface area contributed by atoms with Gasteiger partial charge in [0.15, 0.2) is 0 Å². The molecule has 13 heavy (non-hydrogen) atoms. The van der Waals surface area contributed by atoms with Crippen molar-refractivity contribution in [1.82, 2.24) is 0 Å². The first-order valence-electron chi connectivity index (χ1n) is 3.65. The number of oxime groups is 1. The van der Waals surface area contributed by atoms with Crippen LogP contribution in [0.5, 0.6) is 0 Å². The van der Waals surface area contributed by atoms with E-state index in [9.17, 15) is 0 Å². The minimum absolute atomic E-state index is 0.545. The minimum atomic E-state index is -0.545. The molecule has 1 rings (SSSR count). The van der Waals surface area contributed by atoms with Crippen molar-refractivity contribution < 1.29 is 5.21 Å². The summed E-state index contributed by atoms with van der Waals surface area (Å²) < 4.78 is 0. The highest BCUT2D eigenvalue weighted by molar-refractivity contribution is 5.66. The molecule has 0 aliphatic rings. The monoisotopic (exact) mass is 176 g/mol. The molecule has 1 N–H and O–H groups in total. The Bertz CT molecular complexity index is 329. The first-order chi connectivity index (χ1) is 6.38. The molecule has 0 bridgehead atoms. The Balaban J connectivity index is 2.95. The summed E-state index contributed by atoms with van der Waals surface area (Å²) in [4.78, 5) is 2.65. The van der Waals surface area contributed by atoms with Gasteiger partial charge in [-0.3, -0.25) is 0 Å². The van der Waals surface area contributed by atoms with Gasteiger partial charge in [0.05, 0.1) is 6.21 Å². The summed E-state index contributed by atoms with van der Waals surface area (Å²) in [5.41, 5.74) is 9.03. The zero-order valence-electron chi connectivity index (χ0n) is 6.78. The van der Waals surface area contributed by atoms with Crippen LogP contribution in [-0.2, 0) is 0 Å². The Labute approximate surface area is 74.9 Å². The predicted molar refractivity (Wildman–Crippen MR) is 48.6 cm³/mol. The molecule has 1 aromatic carbocycles. The standard InChI is InChI=1S/C8H8N4O/c9-12-11-8(6-10-13)7-4-2-1-3-5-7/h1-6,8,13H/b10-6+. The second-order valence-corrected chi connectivity index (χ2v) is 2.32. The maximum atomic E-state index is 8.31. The van der Waals surface area contributed by atoms with E-state index in [1.165, 1.54) is 6.21 Å². The lowest BCUT2D eigenvalue weighted by Crippen LogP contribution is -1.94. The average Bonchev–Trinajstić information content (AvgIpc) is 2.19. The maximum Gasteiger partial charge on any atom is 0.101 e. The van der Waals surface area contributed by atoms with Crippen molar-refractivity contribution in [1.29, 1.82) is 0 Å². The molecule has 0 aliphatic carbocycles. The Morgan fingerprint density at radius 3 is 2.62 bits per heavy atom. The van der Waals surface area contributed by atoms with E-state index in [1.54, 1.807) is 12.1 Å². The van der Waals surface area contributed by atoms with Crippen LogP contribution in [0.4, 0.5) is 0 Å². The van der Waals surface area contributed by atoms with Crippen LogP contribution in [0.25, 0.3) is 10.4 Å². The Morgan fingerprint density at radius 1 is 1.38 bits per heavy atom. The molecule has 0 saturated carbocycles. The lowest BCUT2D eigenvalue weighted by molar-refractivity contribution is 0.319. The van der Waals surface area contributed by atoms with Crippen molar-refractivity contribution in [3.8, 4) is 0 Å². The van der Waals surface area contributed by atoms with E-state index in [2.05, 4.69) is 15.2 Å².